The lowest BCUT2D eigenvalue weighted by Crippen LogP contribution is -2.33. The van der Waals surface area contributed by atoms with Crippen LogP contribution in [0, 0.1) is 10.1 Å². The molecular formula is C10H10BN3O2. The molecule has 80 valence electrons. The summed E-state index contributed by atoms with van der Waals surface area (Å²) in [5.41, 5.74) is 7.92. The molecule has 0 saturated heterocycles. The summed E-state index contributed by atoms with van der Waals surface area (Å²) in [5, 5.41) is 13.7. The average molecular weight is 215 g/mol. The first kappa shape index (κ1) is 10.7. The van der Waals surface area contributed by atoms with Gasteiger partial charge in [-0.3, -0.25) is 10.1 Å². The molecule has 0 aliphatic carbocycles. The highest BCUT2D eigenvalue weighted by Crippen LogP contribution is 2.32. The highest BCUT2D eigenvalue weighted by atomic mass is 16.6. The van der Waals surface area contributed by atoms with Gasteiger partial charge in [-0.15, -0.1) is 0 Å². The van der Waals surface area contributed by atoms with Gasteiger partial charge in [0.1, 0.15) is 13.5 Å². The van der Waals surface area contributed by atoms with Crippen LogP contribution in [0.3, 0.4) is 0 Å². The molecule has 1 aromatic rings. The van der Waals surface area contributed by atoms with Gasteiger partial charge in [0.15, 0.2) is 0 Å². The largest absolute Gasteiger partial charge is 0.352 e. The van der Waals surface area contributed by atoms with Gasteiger partial charge in [-0.1, -0.05) is 18.1 Å². The minimum atomic E-state index is -0.466. The van der Waals surface area contributed by atoms with E-state index in [2.05, 4.69) is 11.9 Å². The maximum Gasteiger partial charge on any atom is 0.292 e. The molecule has 16 heavy (non-hydrogen) atoms. The molecule has 6 heteroatoms. The van der Waals surface area contributed by atoms with Crippen molar-refractivity contribution in [3.8, 4) is 0 Å². The van der Waals surface area contributed by atoms with Crippen molar-refractivity contribution < 1.29 is 4.92 Å². The Balaban J connectivity index is 2.59. The van der Waals surface area contributed by atoms with Crippen LogP contribution in [-0.2, 0) is 6.42 Å². The Morgan fingerprint density at radius 1 is 1.62 bits per heavy atom. The van der Waals surface area contributed by atoms with Gasteiger partial charge < -0.3 is 11.1 Å². The molecule has 1 aliphatic heterocycles. The molecule has 1 heterocycles. The minimum Gasteiger partial charge on any atom is -0.352 e. The molecule has 0 saturated carbocycles. The van der Waals surface area contributed by atoms with Gasteiger partial charge >= 0.3 is 0 Å². The maximum atomic E-state index is 10.9. The van der Waals surface area contributed by atoms with E-state index < -0.39 is 4.92 Å². The lowest BCUT2D eigenvalue weighted by Gasteiger charge is -2.25. The normalized spacial score (nSPS) is 18.8. The van der Waals surface area contributed by atoms with Crippen LogP contribution in [0.25, 0.3) is 0 Å². The van der Waals surface area contributed by atoms with Crippen molar-refractivity contribution in [1.29, 1.82) is 0 Å². The van der Waals surface area contributed by atoms with Gasteiger partial charge in [0.25, 0.3) is 5.69 Å². The molecule has 2 radical (unpaired) electrons. The molecule has 1 atom stereocenters. The fraction of sp³-hybridized carbons (Fsp3) is 0.200. The van der Waals surface area contributed by atoms with Gasteiger partial charge in [0.05, 0.1) is 4.92 Å². The summed E-state index contributed by atoms with van der Waals surface area (Å²) < 4.78 is 0. The number of hydrogen-bond donors (Lipinski definition) is 2. The molecular weight excluding hydrogens is 205 g/mol. The first-order valence-electron chi connectivity index (χ1n) is 4.77. The van der Waals surface area contributed by atoms with E-state index in [1.165, 1.54) is 6.07 Å². The molecule has 1 aliphatic rings. The number of nitro benzene ring substituents is 1. The third kappa shape index (κ3) is 1.67. The number of nitrogens with one attached hydrogen (secondary N) is 1. The third-order valence-electron chi connectivity index (χ3n) is 2.59. The van der Waals surface area contributed by atoms with Crippen LogP contribution in [0.5, 0.6) is 0 Å². The Morgan fingerprint density at radius 2 is 2.31 bits per heavy atom. The van der Waals surface area contributed by atoms with Crippen LogP contribution < -0.4 is 16.5 Å². The zero-order valence-corrected chi connectivity index (χ0v) is 8.56. The first-order chi connectivity index (χ1) is 7.49. The number of hydrogen-bond acceptors (Lipinski definition) is 4. The Labute approximate surface area is 93.9 Å². The zero-order valence-electron chi connectivity index (χ0n) is 8.56. The Kier molecular flexibility index (Phi) is 2.43. The molecule has 1 aromatic carbocycles. The topological polar surface area (TPSA) is 81.2 Å². The lowest BCUT2D eigenvalue weighted by atomic mass is 9.88. The van der Waals surface area contributed by atoms with E-state index in [0.717, 1.165) is 5.56 Å². The van der Waals surface area contributed by atoms with Crippen molar-refractivity contribution in [2.24, 2.45) is 5.73 Å². The van der Waals surface area contributed by atoms with Crippen molar-refractivity contribution in [3.63, 3.8) is 0 Å². The summed E-state index contributed by atoms with van der Waals surface area (Å²) in [6, 6.07) is 2.78. The first-order valence-corrected chi connectivity index (χ1v) is 4.77. The minimum absolute atomic E-state index is 0.0388. The molecule has 2 rings (SSSR count). The van der Waals surface area contributed by atoms with E-state index in [0.29, 0.717) is 23.3 Å². The second kappa shape index (κ2) is 3.64. The van der Waals surface area contributed by atoms with Crippen LogP contribution in [0.15, 0.2) is 24.4 Å². The van der Waals surface area contributed by atoms with Gasteiger partial charge in [0.2, 0.25) is 0 Å². The fourth-order valence-electron chi connectivity index (χ4n) is 1.77. The van der Waals surface area contributed by atoms with Gasteiger partial charge in [0, 0.05) is 17.8 Å². The molecule has 0 aromatic heterocycles. The number of nitro groups is 1. The van der Waals surface area contributed by atoms with Crippen molar-refractivity contribution in [2.45, 2.75) is 12.5 Å². The maximum absolute atomic E-state index is 10.9. The molecule has 0 fully saturated rings. The van der Waals surface area contributed by atoms with Crippen molar-refractivity contribution in [3.05, 3.63) is 40.1 Å². The predicted molar refractivity (Wildman–Crippen MR) is 62.9 cm³/mol. The Hall–Kier alpha value is -1.82. The van der Waals surface area contributed by atoms with Crippen molar-refractivity contribution in [1.82, 2.24) is 0 Å². The predicted octanol–water partition coefficient (Wildman–Crippen LogP) is 0.198. The summed E-state index contributed by atoms with van der Waals surface area (Å²) in [4.78, 5) is 10.4. The highest BCUT2D eigenvalue weighted by molar-refractivity contribution is 6.32. The molecule has 1 unspecified atom stereocenters. The number of nitrogens with two attached hydrogens (primary N) is 1. The van der Waals surface area contributed by atoms with Crippen molar-refractivity contribution in [2.75, 3.05) is 5.32 Å². The van der Waals surface area contributed by atoms with Crippen LogP contribution in [-0.4, -0.2) is 18.8 Å². The smallest absolute Gasteiger partial charge is 0.292 e. The number of anilines is 1. The second-order valence-corrected chi connectivity index (χ2v) is 3.79. The van der Waals surface area contributed by atoms with Crippen LogP contribution in [0.2, 0.25) is 0 Å². The van der Waals surface area contributed by atoms with E-state index in [-0.39, 0.29) is 11.7 Å². The van der Waals surface area contributed by atoms with Crippen LogP contribution in [0.1, 0.15) is 5.56 Å². The van der Waals surface area contributed by atoms with Crippen LogP contribution in [0.4, 0.5) is 11.4 Å². The fourth-order valence-corrected chi connectivity index (χ4v) is 1.77. The van der Waals surface area contributed by atoms with Crippen LogP contribution >= 0.6 is 0 Å². The SMILES string of the molecule is [B]c1cc2c(c([N+](=O)[O-])c1)NC(=C)C(N)C2. The number of nitrogens with zero attached hydrogens (tertiary/aromatic N) is 1. The van der Waals surface area contributed by atoms with Gasteiger partial charge in [-0.2, -0.15) is 0 Å². The second-order valence-electron chi connectivity index (χ2n) is 3.79. The summed E-state index contributed by atoms with van der Waals surface area (Å²) in [6.45, 7) is 3.73. The number of fused-ring (bicyclic) bond motifs is 1. The molecule has 0 spiro atoms. The molecule has 5 nitrogen and oxygen atoms in total. The number of rotatable bonds is 1. The van der Waals surface area contributed by atoms with E-state index in [1.54, 1.807) is 6.07 Å². The standard InChI is InChI=1S/C10H10BN3O2/c1-5-8(12)3-6-2-7(11)4-9(14(15)16)10(6)13-5/h2,4,8,13H,1,3,12H2. The summed E-state index contributed by atoms with van der Waals surface area (Å²) in [7, 11) is 5.61. The Morgan fingerprint density at radius 3 is 2.94 bits per heavy atom. The summed E-state index contributed by atoms with van der Waals surface area (Å²) >= 11 is 0. The summed E-state index contributed by atoms with van der Waals surface area (Å²) in [6.07, 6.45) is 0.507. The van der Waals surface area contributed by atoms with E-state index in [9.17, 15) is 10.1 Å². The van der Waals surface area contributed by atoms with Gasteiger partial charge in [-0.05, 0) is 12.0 Å². The monoisotopic (exact) mass is 215 g/mol. The molecule has 3 N–H and O–H groups in total. The van der Waals surface area contributed by atoms with E-state index in [4.69, 9.17) is 13.6 Å². The Bertz CT molecular complexity index is 487. The molecule has 0 bridgehead atoms. The van der Waals surface area contributed by atoms with E-state index in [1.807, 2.05) is 0 Å². The highest BCUT2D eigenvalue weighted by Gasteiger charge is 2.25. The van der Waals surface area contributed by atoms with E-state index >= 15 is 0 Å². The quantitative estimate of drug-likeness (QED) is 0.398. The van der Waals surface area contributed by atoms with Crippen molar-refractivity contribution >= 4 is 24.7 Å². The zero-order chi connectivity index (χ0) is 11.9. The average Bonchev–Trinajstić information content (AvgIpc) is 2.19. The summed E-state index contributed by atoms with van der Waals surface area (Å²) in [5.74, 6) is 0. The van der Waals surface area contributed by atoms with Gasteiger partial charge in [-0.25, -0.2) is 0 Å². The number of benzene rings is 1. The third-order valence-corrected chi connectivity index (χ3v) is 2.59. The lowest BCUT2D eigenvalue weighted by molar-refractivity contribution is -0.383. The molecule has 0 amide bonds.